The number of anilines is 2. The first-order chi connectivity index (χ1) is 9.61. The van der Waals surface area contributed by atoms with Crippen molar-refractivity contribution in [2.75, 3.05) is 17.7 Å². The highest BCUT2D eigenvalue weighted by molar-refractivity contribution is 5.89. The molecule has 106 valence electrons. The Kier molecular flexibility index (Phi) is 4.19. The van der Waals surface area contributed by atoms with Crippen LogP contribution < -0.4 is 11.1 Å². The van der Waals surface area contributed by atoms with Crippen molar-refractivity contribution in [1.82, 2.24) is 14.8 Å². The molecule has 20 heavy (non-hydrogen) atoms. The van der Waals surface area contributed by atoms with Crippen LogP contribution in [0.4, 0.5) is 11.6 Å². The Balaban J connectivity index is 1.97. The van der Waals surface area contributed by atoms with Crippen LogP contribution in [0.5, 0.6) is 0 Å². The van der Waals surface area contributed by atoms with E-state index in [4.69, 9.17) is 10.5 Å². The van der Waals surface area contributed by atoms with Crippen LogP contribution in [0.3, 0.4) is 0 Å². The van der Waals surface area contributed by atoms with Crippen molar-refractivity contribution in [3.63, 3.8) is 0 Å². The molecule has 2 aromatic rings. The lowest BCUT2D eigenvalue weighted by Crippen LogP contribution is -2.07. The molecule has 2 aromatic heterocycles. The minimum absolute atomic E-state index is 0.346. The van der Waals surface area contributed by atoms with E-state index in [1.54, 1.807) is 37.0 Å². The lowest BCUT2D eigenvalue weighted by atomic mass is 10.3. The fourth-order valence-electron chi connectivity index (χ4n) is 1.65. The SMILES string of the molecule is CCOC(=O)c1ccc(NCc2cnn(C)c2N)nc1. The molecule has 0 bridgehead atoms. The highest BCUT2D eigenvalue weighted by Gasteiger charge is 2.07. The average Bonchev–Trinajstić information content (AvgIpc) is 2.77. The number of ether oxygens (including phenoxy) is 1. The molecule has 2 heterocycles. The zero-order chi connectivity index (χ0) is 14.5. The maximum absolute atomic E-state index is 11.5. The average molecular weight is 275 g/mol. The summed E-state index contributed by atoms with van der Waals surface area (Å²) in [5.41, 5.74) is 7.16. The zero-order valence-electron chi connectivity index (χ0n) is 11.5. The molecule has 0 unspecified atom stereocenters. The number of aromatic nitrogens is 3. The highest BCUT2D eigenvalue weighted by Crippen LogP contribution is 2.12. The summed E-state index contributed by atoms with van der Waals surface area (Å²) in [7, 11) is 1.78. The molecule has 3 N–H and O–H groups in total. The Morgan fingerprint density at radius 2 is 2.25 bits per heavy atom. The second kappa shape index (κ2) is 6.05. The van der Waals surface area contributed by atoms with Crippen molar-refractivity contribution in [2.24, 2.45) is 7.05 Å². The van der Waals surface area contributed by atoms with E-state index < -0.39 is 0 Å². The molecule has 7 heteroatoms. The van der Waals surface area contributed by atoms with E-state index in [1.807, 2.05) is 0 Å². The van der Waals surface area contributed by atoms with Crippen molar-refractivity contribution in [2.45, 2.75) is 13.5 Å². The van der Waals surface area contributed by atoms with Gasteiger partial charge in [-0.15, -0.1) is 0 Å². The van der Waals surface area contributed by atoms with Crippen molar-refractivity contribution in [3.05, 3.63) is 35.7 Å². The van der Waals surface area contributed by atoms with Gasteiger partial charge in [-0.2, -0.15) is 5.10 Å². The largest absolute Gasteiger partial charge is 0.462 e. The summed E-state index contributed by atoms with van der Waals surface area (Å²) in [4.78, 5) is 15.6. The topological polar surface area (TPSA) is 95.1 Å². The van der Waals surface area contributed by atoms with Gasteiger partial charge >= 0.3 is 5.97 Å². The predicted octanol–water partition coefficient (Wildman–Crippen LogP) is 1.19. The van der Waals surface area contributed by atoms with Gasteiger partial charge in [-0.05, 0) is 19.1 Å². The summed E-state index contributed by atoms with van der Waals surface area (Å²) in [6.45, 7) is 2.63. The van der Waals surface area contributed by atoms with Crippen molar-refractivity contribution < 1.29 is 9.53 Å². The third-order valence-electron chi connectivity index (χ3n) is 2.80. The molecule has 0 saturated carbocycles. The van der Waals surface area contributed by atoms with Gasteiger partial charge in [0.1, 0.15) is 11.6 Å². The number of nitrogens with one attached hydrogen (secondary N) is 1. The van der Waals surface area contributed by atoms with Gasteiger partial charge in [-0.1, -0.05) is 0 Å². The maximum atomic E-state index is 11.5. The summed E-state index contributed by atoms with van der Waals surface area (Å²) in [6, 6.07) is 3.39. The molecule has 0 saturated heterocycles. The number of rotatable bonds is 5. The fraction of sp³-hybridized carbons (Fsp3) is 0.308. The number of nitrogen functional groups attached to an aromatic ring is 1. The van der Waals surface area contributed by atoms with Gasteiger partial charge < -0.3 is 15.8 Å². The van der Waals surface area contributed by atoms with Crippen LogP contribution in [0, 0.1) is 0 Å². The molecule has 0 fully saturated rings. The fourth-order valence-corrected chi connectivity index (χ4v) is 1.65. The first-order valence-electron chi connectivity index (χ1n) is 6.25. The number of nitrogens with zero attached hydrogens (tertiary/aromatic N) is 3. The van der Waals surface area contributed by atoms with Crippen LogP contribution in [0.25, 0.3) is 0 Å². The zero-order valence-corrected chi connectivity index (χ0v) is 11.5. The quantitative estimate of drug-likeness (QED) is 0.796. The normalized spacial score (nSPS) is 10.3. The highest BCUT2D eigenvalue weighted by atomic mass is 16.5. The van der Waals surface area contributed by atoms with E-state index in [9.17, 15) is 4.79 Å². The number of esters is 1. The summed E-state index contributed by atoms with van der Waals surface area (Å²) in [5.74, 6) is 0.894. The Bertz CT molecular complexity index is 591. The Morgan fingerprint density at radius 1 is 1.45 bits per heavy atom. The molecular weight excluding hydrogens is 258 g/mol. The first-order valence-corrected chi connectivity index (χ1v) is 6.25. The van der Waals surface area contributed by atoms with Crippen molar-refractivity contribution >= 4 is 17.6 Å². The molecule has 2 rings (SSSR count). The number of carbonyl (C=O) groups is 1. The van der Waals surface area contributed by atoms with Gasteiger partial charge in [0, 0.05) is 25.4 Å². The second-order valence-electron chi connectivity index (χ2n) is 4.18. The van der Waals surface area contributed by atoms with Crippen LogP contribution in [-0.4, -0.2) is 27.3 Å². The van der Waals surface area contributed by atoms with Gasteiger partial charge in [-0.3, -0.25) is 4.68 Å². The van der Waals surface area contributed by atoms with E-state index >= 15 is 0 Å². The van der Waals surface area contributed by atoms with E-state index in [2.05, 4.69) is 15.4 Å². The molecule has 0 spiro atoms. The lowest BCUT2D eigenvalue weighted by Gasteiger charge is -2.06. The minimum Gasteiger partial charge on any atom is -0.462 e. The third-order valence-corrected chi connectivity index (χ3v) is 2.80. The smallest absolute Gasteiger partial charge is 0.339 e. The van der Waals surface area contributed by atoms with Crippen LogP contribution in [0.2, 0.25) is 0 Å². The molecule has 0 aromatic carbocycles. The van der Waals surface area contributed by atoms with Crippen LogP contribution in [0.15, 0.2) is 24.5 Å². The van der Waals surface area contributed by atoms with Gasteiger partial charge in [0.25, 0.3) is 0 Å². The van der Waals surface area contributed by atoms with Gasteiger partial charge in [0.15, 0.2) is 0 Å². The number of carbonyl (C=O) groups excluding carboxylic acids is 1. The monoisotopic (exact) mass is 275 g/mol. The number of aryl methyl sites for hydroxylation is 1. The van der Waals surface area contributed by atoms with Gasteiger partial charge in [-0.25, -0.2) is 9.78 Å². The molecule has 0 aliphatic rings. The van der Waals surface area contributed by atoms with Crippen LogP contribution in [-0.2, 0) is 18.3 Å². The Labute approximate surface area is 116 Å². The van der Waals surface area contributed by atoms with E-state index in [1.165, 1.54) is 6.20 Å². The standard InChI is InChI=1S/C13H17N5O2/c1-3-20-13(19)9-4-5-11(15-6-9)16-7-10-8-17-18(2)12(10)14/h4-6,8H,3,7,14H2,1-2H3,(H,15,16). The van der Waals surface area contributed by atoms with Gasteiger partial charge in [0.05, 0.1) is 18.4 Å². The first kappa shape index (κ1) is 13.9. The summed E-state index contributed by atoms with van der Waals surface area (Å²) < 4.78 is 6.49. The van der Waals surface area contributed by atoms with Crippen molar-refractivity contribution in [1.29, 1.82) is 0 Å². The van der Waals surface area contributed by atoms with Gasteiger partial charge in [0.2, 0.25) is 0 Å². The summed E-state index contributed by atoms with van der Waals surface area (Å²) >= 11 is 0. The second-order valence-corrected chi connectivity index (χ2v) is 4.18. The molecule has 0 radical (unpaired) electrons. The third kappa shape index (κ3) is 3.05. The number of hydrogen-bond donors (Lipinski definition) is 2. The molecule has 7 nitrogen and oxygen atoms in total. The molecular formula is C13H17N5O2. The van der Waals surface area contributed by atoms with Crippen LogP contribution >= 0.6 is 0 Å². The Morgan fingerprint density at radius 3 is 2.80 bits per heavy atom. The van der Waals surface area contributed by atoms with E-state index in [0.717, 1.165) is 5.56 Å². The van der Waals surface area contributed by atoms with E-state index in [-0.39, 0.29) is 5.97 Å². The number of hydrogen-bond acceptors (Lipinski definition) is 6. The lowest BCUT2D eigenvalue weighted by molar-refractivity contribution is 0.0526. The molecule has 0 amide bonds. The number of pyridine rings is 1. The summed E-state index contributed by atoms with van der Waals surface area (Å²) in [6.07, 6.45) is 3.18. The van der Waals surface area contributed by atoms with E-state index in [0.29, 0.717) is 30.4 Å². The van der Waals surface area contributed by atoms with Crippen LogP contribution in [0.1, 0.15) is 22.8 Å². The van der Waals surface area contributed by atoms with Crippen molar-refractivity contribution in [3.8, 4) is 0 Å². The molecule has 0 aliphatic heterocycles. The molecule has 0 atom stereocenters. The Hall–Kier alpha value is -2.57. The summed E-state index contributed by atoms with van der Waals surface area (Å²) in [5, 5.41) is 7.17. The predicted molar refractivity (Wildman–Crippen MR) is 75.1 cm³/mol. The molecule has 0 aliphatic carbocycles. The number of nitrogens with two attached hydrogens (primary N) is 1. The minimum atomic E-state index is -0.372. The maximum Gasteiger partial charge on any atom is 0.339 e.